The highest BCUT2D eigenvalue weighted by atomic mass is 19.4. The van der Waals surface area contributed by atoms with E-state index in [9.17, 15) is 27.6 Å². The number of carbonyl (C=O) groups excluding carboxylic acids is 2. The van der Waals surface area contributed by atoms with Gasteiger partial charge in [-0.25, -0.2) is 4.79 Å². The van der Waals surface area contributed by atoms with Crippen molar-refractivity contribution in [2.45, 2.75) is 45.4 Å². The van der Waals surface area contributed by atoms with Crippen molar-refractivity contribution in [3.63, 3.8) is 0 Å². The summed E-state index contributed by atoms with van der Waals surface area (Å²) in [7, 11) is 0. The van der Waals surface area contributed by atoms with Crippen LogP contribution >= 0.6 is 0 Å². The van der Waals surface area contributed by atoms with Crippen molar-refractivity contribution in [1.82, 2.24) is 9.88 Å². The number of likely N-dealkylation sites (tertiary alicyclic amines) is 1. The van der Waals surface area contributed by atoms with Crippen LogP contribution in [0.5, 0.6) is 0 Å². The highest BCUT2D eigenvalue weighted by molar-refractivity contribution is 5.92. The lowest BCUT2D eigenvalue weighted by Gasteiger charge is -2.32. The molecule has 0 atom stereocenters. The number of hydrogen-bond donors (Lipinski definition) is 2. The molecule has 0 aromatic carbocycles. The average Bonchev–Trinajstić information content (AvgIpc) is 2.54. The van der Waals surface area contributed by atoms with E-state index in [-0.39, 0.29) is 13.1 Å². The van der Waals surface area contributed by atoms with Gasteiger partial charge >= 0.3 is 12.3 Å². The van der Waals surface area contributed by atoms with E-state index < -0.39 is 46.5 Å². The first kappa shape index (κ1) is 20.8. The number of alkyl halides is 3. The first-order valence-corrected chi connectivity index (χ1v) is 8.45. The van der Waals surface area contributed by atoms with Gasteiger partial charge in [0, 0.05) is 25.2 Å². The lowest BCUT2D eigenvalue weighted by molar-refractivity contribution is -0.137. The normalized spacial score (nSPS) is 16.1. The molecule has 27 heavy (non-hydrogen) atoms. The van der Waals surface area contributed by atoms with Crippen LogP contribution in [0.4, 0.5) is 23.7 Å². The Balaban J connectivity index is 1.97. The number of halogens is 3. The van der Waals surface area contributed by atoms with Gasteiger partial charge in [-0.3, -0.25) is 9.59 Å². The smallest absolute Gasteiger partial charge is 0.417 e. The molecule has 0 bridgehead atoms. The molecular weight excluding hydrogens is 367 g/mol. The molecule has 0 spiro atoms. The maximum Gasteiger partial charge on any atom is 0.417 e. The van der Waals surface area contributed by atoms with Gasteiger partial charge in [0.05, 0.1) is 5.56 Å². The lowest BCUT2D eigenvalue weighted by Crippen LogP contribution is -2.44. The number of nitrogens with zero attached hydrogens (tertiary/aromatic N) is 1. The van der Waals surface area contributed by atoms with Gasteiger partial charge in [-0.1, -0.05) is 0 Å². The van der Waals surface area contributed by atoms with E-state index in [0.717, 1.165) is 0 Å². The molecular formula is C17H22F3N3O4. The quantitative estimate of drug-likeness (QED) is 0.814. The number of amides is 2. The fourth-order valence-electron chi connectivity index (χ4n) is 2.63. The van der Waals surface area contributed by atoms with E-state index in [4.69, 9.17) is 4.74 Å². The largest absolute Gasteiger partial charge is 0.444 e. The van der Waals surface area contributed by atoms with Crippen LogP contribution in [0.2, 0.25) is 0 Å². The Morgan fingerprint density at radius 3 is 2.33 bits per heavy atom. The fourth-order valence-corrected chi connectivity index (χ4v) is 2.63. The summed E-state index contributed by atoms with van der Waals surface area (Å²) in [4.78, 5) is 39.4. The third-order valence-corrected chi connectivity index (χ3v) is 4.01. The molecule has 10 heteroatoms. The Morgan fingerprint density at radius 1 is 1.22 bits per heavy atom. The van der Waals surface area contributed by atoms with Crippen molar-refractivity contribution in [1.29, 1.82) is 0 Å². The minimum atomic E-state index is -4.64. The number of aromatic nitrogens is 1. The highest BCUT2D eigenvalue weighted by Crippen LogP contribution is 2.29. The van der Waals surface area contributed by atoms with Crippen molar-refractivity contribution in [2.75, 3.05) is 18.4 Å². The third-order valence-electron chi connectivity index (χ3n) is 4.01. The second-order valence-electron chi connectivity index (χ2n) is 7.36. The van der Waals surface area contributed by atoms with E-state index >= 15 is 0 Å². The molecule has 1 aromatic rings. The Bertz CT molecular complexity index is 760. The number of pyridine rings is 1. The predicted octanol–water partition coefficient (Wildman–Crippen LogP) is 2.98. The van der Waals surface area contributed by atoms with Gasteiger partial charge in [0.1, 0.15) is 11.3 Å². The highest BCUT2D eigenvalue weighted by Gasteiger charge is 2.33. The van der Waals surface area contributed by atoms with Crippen LogP contribution in [0, 0.1) is 5.92 Å². The maximum absolute atomic E-state index is 12.7. The molecule has 7 nitrogen and oxygen atoms in total. The molecule has 1 aromatic heterocycles. The molecule has 1 aliphatic heterocycles. The van der Waals surface area contributed by atoms with Crippen molar-refractivity contribution < 1.29 is 27.5 Å². The summed E-state index contributed by atoms with van der Waals surface area (Å²) in [5.74, 6) is -1.07. The topological polar surface area (TPSA) is 91.5 Å². The summed E-state index contributed by atoms with van der Waals surface area (Å²) in [6.07, 6.45) is -3.92. The minimum absolute atomic E-state index is 0.284. The number of piperidine rings is 1. The van der Waals surface area contributed by atoms with Gasteiger partial charge in [0.25, 0.3) is 5.56 Å². The second-order valence-corrected chi connectivity index (χ2v) is 7.36. The molecule has 0 saturated carbocycles. The van der Waals surface area contributed by atoms with Crippen molar-refractivity contribution in [3.8, 4) is 0 Å². The van der Waals surface area contributed by atoms with Crippen LogP contribution in [0.15, 0.2) is 17.1 Å². The van der Waals surface area contributed by atoms with Gasteiger partial charge in [-0.15, -0.1) is 0 Å². The monoisotopic (exact) mass is 389 g/mol. The van der Waals surface area contributed by atoms with Crippen molar-refractivity contribution >= 4 is 17.7 Å². The number of aromatic amines is 1. The molecule has 2 N–H and O–H groups in total. The Kier molecular flexibility index (Phi) is 5.86. The number of hydrogen-bond acceptors (Lipinski definition) is 4. The second kappa shape index (κ2) is 7.61. The van der Waals surface area contributed by atoms with Crippen molar-refractivity contribution in [3.05, 3.63) is 28.2 Å². The molecule has 2 amide bonds. The van der Waals surface area contributed by atoms with E-state index in [1.54, 1.807) is 20.8 Å². The molecule has 150 valence electrons. The van der Waals surface area contributed by atoms with Crippen molar-refractivity contribution in [2.24, 2.45) is 5.92 Å². The Labute approximate surface area is 153 Å². The van der Waals surface area contributed by atoms with Gasteiger partial charge in [0.2, 0.25) is 5.91 Å². The predicted molar refractivity (Wildman–Crippen MR) is 91.2 cm³/mol. The zero-order valence-electron chi connectivity index (χ0n) is 15.3. The summed E-state index contributed by atoms with van der Waals surface area (Å²) in [6.45, 7) is 5.81. The molecule has 0 unspecified atom stereocenters. The minimum Gasteiger partial charge on any atom is -0.444 e. The van der Waals surface area contributed by atoms with Crippen LogP contribution in [-0.2, 0) is 15.7 Å². The lowest BCUT2D eigenvalue weighted by atomic mass is 9.96. The average molecular weight is 389 g/mol. The fraction of sp³-hybridized carbons (Fsp3) is 0.588. The Morgan fingerprint density at radius 2 is 1.81 bits per heavy atom. The maximum atomic E-state index is 12.7. The summed E-state index contributed by atoms with van der Waals surface area (Å²) in [6, 6.07) is 0.604. The SMILES string of the molecule is CC(C)(C)OC(=O)N1CCC(C(=O)Nc2cc(C(F)(F)F)c[nH]c2=O)CC1. The van der Waals surface area contributed by atoms with E-state index in [0.29, 0.717) is 25.1 Å². The molecule has 2 heterocycles. The number of nitrogens with one attached hydrogen (secondary N) is 2. The molecule has 1 saturated heterocycles. The molecule has 0 radical (unpaired) electrons. The van der Waals surface area contributed by atoms with Gasteiger partial charge in [0.15, 0.2) is 0 Å². The van der Waals surface area contributed by atoms with Gasteiger partial charge in [-0.2, -0.15) is 13.2 Å². The summed E-state index contributed by atoms with van der Waals surface area (Å²) < 4.78 is 43.5. The zero-order chi connectivity index (χ0) is 20.4. The number of rotatable bonds is 2. The first-order valence-electron chi connectivity index (χ1n) is 8.45. The molecule has 1 fully saturated rings. The number of anilines is 1. The summed E-state index contributed by atoms with van der Waals surface area (Å²) >= 11 is 0. The number of H-pyrrole nitrogens is 1. The van der Waals surface area contributed by atoms with Crippen LogP contribution in [-0.4, -0.2) is 40.6 Å². The van der Waals surface area contributed by atoms with Crippen LogP contribution in [0.3, 0.4) is 0 Å². The molecule has 2 rings (SSSR count). The van der Waals surface area contributed by atoms with E-state index in [1.807, 2.05) is 4.98 Å². The summed E-state index contributed by atoms with van der Waals surface area (Å²) in [5, 5.41) is 2.26. The van der Waals surface area contributed by atoms with E-state index in [1.165, 1.54) is 4.90 Å². The molecule has 0 aliphatic carbocycles. The Hall–Kier alpha value is -2.52. The van der Waals surface area contributed by atoms with Crippen LogP contribution in [0.25, 0.3) is 0 Å². The van der Waals surface area contributed by atoms with Gasteiger partial charge in [-0.05, 0) is 39.7 Å². The number of carbonyl (C=O) groups is 2. The molecule has 1 aliphatic rings. The van der Waals surface area contributed by atoms with Gasteiger partial charge < -0.3 is 19.9 Å². The standard InChI is InChI=1S/C17H22F3N3O4/c1-16(2,3)27-15(26)23-6-4-10(5-7-23)13(24)22-12-8-11(17(18,19)20)9-21-14(12)25/h8-10H,4-7H2,1-3H3,(H,21,25)(H,22,24). The van der Waals surface area contributed by atoms with E-state index in [2.05, 4.69) is 5.32 Å². The van der Waals surface area contributed by atoms with Crippen LogP contribution in [0.1, 0.15) is 39.2 Å². The van der Waals surface area contributed by atoms with Crippen LogP contribution < -0.4 is 10.9 Å². The number of ether oxygens (including phenoxy) is 1. The zero-order valence-corrected chi connectivity index (χ0v) is 15.3. The summed E-state index contributed by atoms with van der Waals surface area (Å²) in [5.41, 5.74) is -2.96. The third kappa shape index (κ3) is 5.73. The first-order chi connectivity index (χ1) is 12.4.